The van der Waals surface area contributed by atoms with E-state index in [1.165, 1.54) is 30.3 Å². The molecule has 29 heavy (non-hydrogen) atoms. The van der Waals surface area contributed by atoms with Gasteiger partial charge in [-0.05, 0) is 48.9 Å². The Balaban J connectivity index is 1.79. The van der Waals surface area contributed by atoms with Gasteiger partial charge in [0.2, 0.25) is 0 Å². The molecule has 0 aromatic heterocycles. The summed E-state index contributed by atoms with van der Waals surface area (Å²) in [4.78, 5) is 0. The smallest absolute Gasteiger partial charge is 0.146 e. The maximum atomic E-state index is 13.8. The predicted molar refractivity (Wildman–Crippen MR) is 98.8 cm³/mol. The summed E-state index contributed by atoms with van der Waals surface area (Å²) in [6, 6.07) is 11.8. The highest BCUT2D eigenvalue weighted by atomic mass is 19.1. The molecule has 0 radical (unpaired) electrons. The van der Waals surface area contributed by atoms with Gasteiger partial charge in [-0.25, -0.2) is 17.6 Å². The third kappa shape index (κ3) is 4.66. The number of benzene rings is 3. The molecule has 0 amide bonds. The molecule has 0 fully saturated rings. The monoisotopic (exact) mass is 393 g/mol. The molecule has 0 heterocycles. The van der Waals surface area contributed by atoms with Gasteiger partial charge in [0.25, 0.3) is 0 Å². The number of nitriles is 1. The number of nitrogens with zero attached hydrogens (tertiary/aromatic N) is 3. The first-order valence-corrected chi connectivity index (χ1v) is 8.26. The van der Waals surface area contributed by atoms with Crippen LogP contribution in [0, 0.1) is 53.4 Å². The van der Waals surface area contributed by atoms with Crippen molar-refractivity contribution in [1.29, 1.82) is 5.26 Å². The molecule has 142 valence electrons. The van der Waals surface area contributed by atoms with Crippen molar-refractivity contribution in [3.8, 4) is 17.9 Å². The van der Waals surface area contributed by atoms with Crippen molar-refractivity contribution in [2.45, 2.75) is 6.92 Å². The van der Waals surface area contributed by atoms with E-state index in [2.05, 4.69) is 22.1 Å². The van der Waals surface area contributed by atoms with Gasteiger partial charge in [-0.3, -0.25) is 0 Å². The molecular formula is C22H11F4N3. The lowest BCUT2D eigenvalue weighted by Crippen LogP contribution is -1.91. The van der Waals surface area contributed by atoms with Crippen molar-refractivity contribution < 1.29 is 17.6 Å². The van der Waals surface area contributed by atoms with E-state index in [0.29, 0.717) is 16.8 Å². The maximum Gasteiger partial charge on any atom is 0.146 e. The zero-order valence-corrected chi connectivity index (χ0v) is 15.0. The lowest BCUT2D eigenvalue weighted by atomic mass is 10.1. The molecule has 0 atom stereocenters. The molecule has 0 bridgehead atoms. The summed E-state index contributed by atoms with van der Waals surface area (Å²) in [7, 11) is 0. The van der Waals surface area contributed by atoms with Crippen LogP contribution in [0.25, 0.3) is 0 Å². The molecule has 0 saturated carbocycles. The molecule has 0 saturated heterocycles. The van der Waals surface area contributed by atoms with Crippen molar-refractivity contribution in [3.05, 3.63) is 94.1 Å². The summed E-state index contributed by atoms with van der Waals surface area (Å²) in [6.07, 6.45) is 0. The van der Waals surface area contributed by atoms with E-state index in [0.717, 1.165) is 12.1 Å². The zero-order valence-electron chi connectivity index (χ0n) is 15.0. The zero-order chi connectivity index (χ0) is 21.0. The molecule has 0 spiro atoms. The van der Waals surface area contributed by atoms with E-state index >= 15 is 0 Å². The van der Waals surface area contributed by atoms with Gasteiger partial charge in [0.15, 0.2) is 0 Å². The topological polar surface area (TPSA) is 48.5 Å². The predicted octanol–water partition coefficient (Wildman–Crippen LogP) is 6.24. The Morgan fingerprint density at radius 1 is 0.690 bits per heavy atom. The highest BCUT2D eigenvalue weighted by Gasteiger charge is 2.10. The van der Waals surface area contributed by atoms with Crippen LogP contribution in [0.2, 0.25) is 0 Å². The molecule has 3 aromatic carbocycles. The molecule has 0 aliphatic heterocycles. The Bertz CT molecular complexity index is 1170. The van der Waals surface area contributed by atoms with Crippen LogP contribution >= 0.6 is 0 Å². The average Bonchev–Trinajstić information content (AvgIpc) is 2.66. The van der Waals surface area contributed by atoms with Gasteiger partial charge in [0.05, 0.1) is 16.9 Å². The number of hydrogen-bond acceptors (Lipinski definition) is 3. The second-order valence-electron chi connectivity index (χ2n) is 6.00. The summed E-state index contributed by atoms with van der Waals surface area (Å²) in [5, 5.41) is 16.2. The van der Waals surface area contributed by atoms with E-state index < -0.39 is 28.8 Å². The standard InChI is InChI=1S/C22H11F4N3/c1-13-8-19(23)17(20(24)9-13)7-4-14-2-5-15(6-3-14)28-29-16-10-21(25)18(12-27)22(26)11-16/h2-3,5-6,8-11H,1H3. The number of rotatable bonds is 2. The van der Waals surface area contributed by atoms with Gasteiger partial charge in [-0.1, -0.05) is 11.8 Å². The second kappa shape index (κ2) is 8.37. The minimum Gasteiger partial charge on any atom is -0.206 e. The molecule has 7 heteroatoms. The van der Waals surface area contributed by atoms with Crippen molar-refractivity contribution in [3.63, 3.8) is 0 Å². The average molecular weight is 393 g/mol. The van der Waals surface area contributed by atoms with E-state index in [9.17, 15) is 17.6 Å². The molecule has 3 nitrogen and oxygen atoms in total. The van der Waals surface area contributed by atoms with Crippen molar-refractivity contribution in [2.24, 2.45) is 10.2 Å². The number of aryl methyl sites for hydroxylation is 1. The number of hydrogen-bond donors (Lipinski definition) is 0. The summed E-state index contributed by atoms with van der Waals surface area (Å²) in [6.45, 7) is 1.58. The molecule has 3 aromatic rings. The molecule has 0 aliphatic rings. The van der Waals surface area contributed by atoms with Crippen LogP contribution in [-0.2, 0) is 0 Å². The molecule has 0 aliphatic carbocycles. The summed E-state index contributed by atoms with van der Waals surface area (Å²) < 4.78 is 54.7. The summed E-state index contributed by atoms with van der Waals surface area (Å²) in [5.74, 6) is 1.60. The Labute approximate surface area is 164 Å². The van der Waals surface area contributed by atoms with Crippen molar-refractivity contribution in [2.75, 3.05) is 0 Å². The number of halogens is 4. The van der Waals surface area contributed by atoms with E-state index in [4.69, 9.17) is 5.26 Å². The summed E-state index contributed by atoms with van der Waals surface area (Å²) >= 11 is 0. The Morgan fingerprint density at radius 2 is 1.21 bits per heavy atom. The number of azo groups is 1. The second-order valence-corrected chi connectivity index (χ2v) is 6.00. The van der Waals surface area contributed by atoms with Crippen LogP contribution in [0.1, 0.15) is 22.3 Å². The Morgan fingerprint density at radius 3 is 1.76 bits per heavy atom. The van der Waals surface area contributed by atoms with Crippen LogP contribution in [0.4, 0.5) is 28.9 Å². The largest absolute Gasteiger partial charge is 0.206 e. The molecule has 3 rings (SSSR count). The third-order valence-electron chi connectivity index (χ3n) is 3.81. The Kier molecular flexibility index (Phi) is 5.71. The first-order chi connectivity index (χ1) is 13.9. The minimum atomic E-state index is -1.03. The highest BCUT2D eigenvalue weighted by molar-refractivity contribution is 5.49. The van der Waals surface area contributed by atoms with Gasteiger partial charge in [-0.15, -0.1) is 0 Å². The third-order valence-corrected chi connectivity index (χ3v) is 3.81. The first kappa shape index (κ1) is 19.8. The SMILES string of the molecule is Cc1cc(F)c(C#Cc2ccc(N=Nc3cc(F)c(C#N)c(F)c3)cc2)c(F)c1. The highest BCUT2D eigenvalue weighted by Crippen LogP contribution is 2.23. The lowest BCUT2D eigenvalue weighted by Gasteiger charge is -1.99. The van der Waals surface area contributed by atoms with Crippen LogP contribution < -0.4 is 0 Å². The van der Waals surface area contributed by atoms with Gasteiger partial charge < -0.3 is 0 Å². The normalized spacial score (nSPS) is 10.5. The van der Waals surface area contributed by atoms with Crippen molar-refractivity contribution >= 4 is 11.4 Å². The van der Waals surface area contributed by atoms with Crippen LogP contribution in [0.15, 0.2) is 58.8 Å². The van der Waals surface area contributed by atoms with Crippen molar-refractivity contribution in [1.82, 2.24) is 0 Å². The van der Waals surface area contributed by atoms with Crippen LogP contribution in [0.3, 0.4) is 0 Å². The minimum absolute atomic E-state index is 0.0896. The molecular weight excluding hydrogens is 382 g/mol. The van der Waals surface area contributed by atoms with E-state index in [1.807, 2.05) is 0 Å². The van der Waals surface area contributed by atoms with E-state index in [1.54, 1.807) is 19.1 Å². The fourth-order valence-corrected chi connectivity index (χ4v) is 2.41. The van der Waals surface area contributed by atoms with Gasteiger partial charge in [0, 0.05) is 17.7 Å². The fraction of sp³-hybridized carbons (Fsp3) is 0.0455. The van der Waals surface area contributed by atoms with E-state index in [-0.39, 0.29) is 11.3 Å². The molecule has 0 N–H and O–H groups in total. The first-order valence-electron chi connectivity index (χ1n) is 8.26. The lowest BCUT2D eigenvalue weighted by molar-refractivity contribution is 0.575. The summed E-state index contributed by atoms with van der Waals surface area (Å²) in [5.41, 5.74) is 0.222. The molecule has 0 unspecified atom stereocenters. The van der Waals surface area contributed by atoms with Gasteiger partial charge >= 0.3 is 0 Å². The Hall–Kier alpha value is -3.97. The van der Waals surface area contributed by atoms with Gasteiger partial charge in [-0.2, -0.15) is 15.5 Å². The van der Waals surface area contributed by atoms with Crippen LogP contribution in [0.5, 0.6) is 0 Å². The fourth-order valence-electron chi connectivity index (χ4n) is 2.41. The quantitative estimate of drug-likeness (QED) is 0.289. The van der Waals surface area contributed by atoms with Crippen LogP contribution in [-0.4, -0.2) is 0 Å². The van der Waals surface area contributed by atoms with Gasteiger partial charge in [0.1, 0.15) is 34.9 Å². The maximum absolute atomic E-state index is 13.8.